The van der Waals surface area contributed by atoms with Crippen LogP contribution in [0.15, 0.2) is 16.9 Å². The quantitative estimate of drug-likeness (QED) is 0.755. The average molecular weight is 299 g/mol. The molecule has 0 bridgehead atoms. The van der Waals surface area contributed by atoms with Gasteiger partial charge in [0, 0.05) is 45.2 Å². The smallest absolute Gasteiger partial charge is 0.124 e. The summed E-state index contributed by atoms with van der Waals surface area (Å²) in [6.45, 7) is 15.2. The first-order chi connectivity index (χ1) is 10.3. The predicted octanol–water partition coefficient (Wildman–Crippen LogP) is 2.53. The summed E-state index contributed by atoms with van der Waals surface area (Å²) in [4.78, 5) is 4.82. The van der Waals surface area contributed by atoms with Crippen LogP contribution in [0.25, 0.3) is 0 Å². The van der Waals surface area contributed by atoms with Crippen molar-refractivity contribution in [3.8, 4) is 0 Å². The predicted molar refractivity (Wildman–Crippen MR) is 87.7 cm³/mol. The van der Waals surface area contributed by atoms with Gasteiger partial charge >= 0.3 is 0 Å². The van der Waals surface area contributed by atoms with Crippen molar-refractivity contribution in [1.29, 1.82) is 0 Å². The van der Waals surface area contributed by atoms with Gasteiger partial charge in [-0.25, -0.2) is 0 Å². The van der Waals surface area contributed by atoms with Crippen LogP contribution >= 0.6 is 0 Å². The number of nitrogens with zero attached hydrogens (tertiary/aromatic N) is 3. The number of ether oxygens (including phenoxy) is 1. The van der Waals surface area contributed by atoms with Crippen LogP contribution in [0, 0.1) is 0 Å². The molecule has 0 aliphatic carbocycles. The standard InChI is InChI=1S/C12H21N3O2.2C2H6/c1-14-4-6-15(7-5-14)8-11-16-9-2-12-3-10-17-13-12;2*1-2/h3,10H,2,4-9,11H2,1H3;2*1-2H3. The fraction of sp³-hybridized carbons (Fsp3) is 0.812. The summed E-state index contributed by atoms with van der Waals surface area (Å²) in [6, 6.07) is 1.88. The molecule has 2 heterocycles. The molecule has 0 N–H and O–H groups in total. The van der Waals surface area contributed by atoms with Crippen LogP contribution in [0.3, 0.4) is 0 Å². The Bertz CT molecular complexity index is 296. The molecule has 5 heteroatoms. The second-order valence-electron chi connectivity index (χ2n) is 4.50. The van der Waals surface area contributed by atoms with Gasteiger partial charge in [-0.05, 0) is 7.05 Å². The van der Waals surface area contributed by atoms with Gasteiger partial charge in [0.1, 0.15) is 6.26 Å². The number of piperazine rings is 1. The molecule has 1 aliphatic rings. The van der Waals surface area contributed by atoms with Gasteiger partial charge in [0.2, 0.25) is 0 Å². The van der Waals surface area contributed by atoms with E-state index in [2.05, 4.69) is 22.0 Å². The van der Waals surface area contributed by atoms with E-state index in [1.807, 2.05) is 33.8 Å². The van der Waals surface area contributed by atoms with Gasteiger partial charge in [0.05, 0.1) is 18.9 Å². The number of likely N-dealkylation sites (N-methyl/N-ethyl adjacent to an activating group) is 1. The highest BCUT2D eigenvalue weighted by Crippen LogP contribution is 1.99. The number of aromatic nitrogens is 1. The van der Waals surface area contributed by atoms with Crippen molar-refractivity contribution in [3.63, 3.8) is 0 Å². The zero-order chi connectivity index (χ0) is 15.9. The summed E-state index contributed by atoms with van der Waals surface area (Å²) in [5, 5.41) is 3.84. The maximum absolute atomic E-state index is 5.60. The largest absolute Gasteiger partial charge is 0.380 e. The third kappa shape index (κ3) is 9.61. The van der Waals surface area contributed by atoms with E-state index in [9.17, 15) is 0 Å². The molecular formula is C16H33N3O2. The Balaban J connectivity index is 0.000000921. The molecule has 5 nitrogen and oxygen atoms in total. The minimum Gasteiger partial charge on any atom is -0.380 e. The van der Waals surface area contributed by atoms with E-state index in [1.54, 1.807) is 6.26 Å². The van der Waals surface area contributed by atoms with Gasteiger partial charge in [0.25, 0.3) is 0 Å². The second-order valence-corrected chi connectivity index (χ2v) is 4.50. The number of hydrogen-bond acceptors (Lipinski definition) is 5. The van der Waals surface area contributed by atoms with Crippen LogP contribution in [0.1, 0.15) is 33.4 Å². The lowest BCUT2D eigenvalue weighted by atomic mass is 10.3. The molecule has 124 valence electrons. The maximum Gasteiger partial charge on any atom is 0.124 e. The van der Waals surface area contributed by atoms with E-state index in [4.69, 9.17) is 9.26 Å². The lowest BCUT2D eigenvalue weighted by Gasteiger charge is -2.32. The summed E-state index contributed by atoms with van der Waals surface area (Å²) in [5.41, 5.74) is 0.963. The molecule has 1 aromatic rings. The summed E-state index contributed by atoms with van der Waals surface area (Å²) < 4.78 is 10.4. The van der Waals surface area contributed by atoms with Crippen molar-refractivity contribution in [2.75, 3.05) is 53.0 Å². The van der Waals surface area contributed by atoms with Gasteiger partial charge in [0.15, 0.2) is 0 Å². The van der Waals surface area contributed by atoms with Gasteiger partial charge in [-0.3, -0.25) is 4.90 Å². The highest BCUT2D eigenvalue weighted by Gasteiger charge is 2.12. The van der Waals surface area contributed by atoms with Gasteiger partial charge in [-0.1, -0.05) is 32.9 Å². The first-order valence-electron chi connectivity index (χ1n) is 8.22. The van der Waals surface area contributed by atoms with E-state index >= 15 is 0 Å². The molecule has 0 radical (unpaired) electrons. The van der Waals surface area contributed by atoms with Crippen LogP contribution in [0.5, 0.6) is 0 Å². The molecular weight excluding hydrogens is 266 g/mol. The Morgan fingerprint density at radius 3 is 2.33 bits per heavy atom. The molecule has 1 aromatic heterocycles. The fourth-order valence-corrected chi connectivity index (χ4v) is 1.91. The Labute approximate surface area is 130 Å². The SMILES string of the molecule is CC.CC.CN1CCN(CCOCCc2ccon2)CC1. The molecule has 2 rings (SSSR count). The van der Waals surface area contributed by atoms with Crippen LogP contribution in [0.2, 0.25) is 0 Å². The molecule has 0 amide bonds. The molecule has 0 aromatic carbocycles. The van der Waals surface area contributed by atoms with Crippen molar-refractivity contribution < 1.29 is 9.26 Å². The van der Waals surface area contributed by atoms with Crippen molar-refractivity contribution >= 4 is 0 Å². The van der Waals surface area contributed by atoms with E-state index < -0.39 is 0 Å². The molecule has 1 aliphatic heterocycles. The highest BCUT2D eigenvalue weighted by molar-refractivity contribution is 4.94. The maximum atomic E-state index is 5.60. The minimum atomic E-state index is 0.722. The van der Waals surface area contributed by atoms with Crippen molar-refractivity contribution in [2.45, 2.75) is 34.1 Å². The lowest BCUT2D eigenvalue weighted by molar-refractivity contribution is 0.0829. The van der Waals surface area contributed by atoms with Crippen molar-refractivity contribution in [1.82, 2.24) is 15.0 Å². The average Bonchev–Trinajstić information content (AvgIpc) is 3.06. The molecule has 1 fully saturated rings. The van der Waals surface area contributed by atoms with Crippen molar-refractivity contribution in [2.24, 2.45) is 0 Å². The number of rotatable bonds is 6. The summed E-state index contributed by atoms with van der Waals surface area (Å²) >= 11 is 0. The van der Waals surface area contributed by atoms with Crippen LogP contribution in [0.4, 0.5) is 0 Å². The zero-order valence-corrected chi connectivity index (χ0v) is 14.5. The van der Waals surface area contributed by atoms with E-state index in [0.29, 0.717) is 0 Å². The Morgan fingerprint density at radius 1 is 1.10 bits per heavy atom. The lowest BCUT2D eigenvalue weighted by Crippen LogP contribution is -2.45. The van der Waals surface area contributed by atoms with Crippen molar-refractivity contribution in [3.05, 3.63) is 18.0 Å². The van der Waals surface area contributed by atoms with Crippen LogP contribution < -0.4 is 0 Å². The Morgan fingerprint density at radius 2 is 1.76 bits per heavy atom. The van der Waals surface area contributed by atoms with Crippen LogP contribution in [-0.2, 0) is 11.2 Å². The van der Waals surface area contributed by atoms with E-state index in [0.717, 1.165) is 45.0 Å². The molecule has 0 atom stereocenters. The third-order valence-corrected chi connectivity index (χ3v) is 3.14. The second kappa shape index (κ2) is 14.0. The fourth-order valence-electron chi connectivity index (χ4n) is 1.91. The summed E-state index contributed by atoms with van der Waals surface area (Å²) in [6.07, 6.45) is 2.43. The summed E-state index contributed by atoms with van der Waals surface area (Å²) in [5.74, 6) is 0. The highest BCUT2D eigenvalue weighted by atomic mass is 16.5. The molecule has 0 spiro atoms. The molecule has 0 saturated carbocycles. The van der Waals surface area contributed by atoms with E-state index in [1.165, 1.54) is 13.1 Å². The topological polar surface area (TPSA) is 41.7 Å². The Hall–Kier alpha value is -0.910. The first-order valence-corrected chi connectivity index (χ1v) is 8.22. The third-order valence-electron chi connectivity index (χ3n) is 3.14. The number of hydrogen-bond donors (Lipinski definition) is 0. The van der Waals surface area contributed by atoms with Crippen LogP contribution in [-0.4, -0.2) is 67.9 Å². The molecule has 21 heavy (non-hydrogen) atoms. The Kier molecular flexibility index (Phi) is 13.4. The zero-order valence-electron chi connectivity index (χ0n) is 14.5. The minimum absolute atomic E-state index is 0.722. The van der Waals surface area contributed by atoms with Gasteiger partial charge in [-0.2, -0.15) is 0 Å². The first kappa shape index (κ1) is 20.1. The summed E-state index contributed by atoms with van der Waals surface area (Å²) in [7, 11) is 2.17. The normalized spacial score (nSPS) is 15.7. The van der Waals surface area contributed by atoms with Gasteiger partial charge in [-0.15, -0.1) is 0 Å². The monoisotopic (exact) mass is 299 g/mol. The van der Waals surface area contributed by atoms with E-state index in [-0.39, 0.29) is 0 Å². The molecule has 0 unspecified atom stereocenters. The van der Waals surface area contributed by atoms with Gasteiger partial charge < -0.3 is 14.2 Å². The molecule has 1 saturated heterocycles.